The van der Waals surface area contributed by atoms with Crippen LogP contribution in [0.15, 0.2) is 0 Å². The van der Waals surface area contributed by atoms with E-state index in [1.807, 2.05) is 6.92 Å². The minimum absolute atomic E-state index is 0.0111. The van der Waals surface area contributed by atoms with Gasteiger partial charge in [-0.25, -0.2) is 0 Å². The van der Waals surface area contributed by atoms with Crippen molar-refractivity contribution in [2.45, 2.75) is 39.8 Å². The van der Waals surface area contributed by atoms with Crippen molar-refractivity contribution in [3.63, 3.8) is 0 Å². The predicted octanol–water partition coefficient (Wildman–Crippen LogP) is 0.936. The Morgan fingerprint density at radius 1 is 1.50 bits per heavy atom. The number of ether oxygens (including phenoxy) is 1. The number of amides is 1. The van der Waals surface area contributed by atoms with Gasteiger partial charge < -0.3 is 10.1 Å². The third-order valence-corrected chi connectivity index (χ3v) is 2.09. The van der Waals surface area contributed by atoms with Crippen molar-refractivity contribution in [3.05, 3.63) is 0 Å². The molecule has 1 saturated heterocycles. The average Bonchev–Trinajstić information content (AvgIpc) is 1.83. The molecule has 1 aliphatic rings. The summed E-state index contributed by atoms with van der Waals surface area (Å²) < 4.78 is 5.45. The Kier molecular flexibility index (Phi) is 2.42. The van der Waals surface area contributed by atoms with E-state index in [-0.39, 0.29) is 30.1 Å². The number of hydrogen-bond donors (Lipinski definition) is 1. The maximum atomic E-state index is 10.9. The van der Waals surface area contributed by atoms with E-state index < -0.39 is 0 Å². The number of hydrogen-bond acceptors (Lipinski definition) is 2. The maximum Gasteiger partial charge on any atom is 0.246 e. The predicted molar refractivity (Wildman–Crippen MR) is 46.8 cm³/mol. The first-order chi connectivity index (χ1) is 5.41. The van der Waals surface area contributed by atoms with E-state index in [4.69, 9.17) is 4.74 Å². The summed E-state index contributed by atoms with van der Waals surface area (Å²) in [6.45, 7) is 8.53. The fourth-order valence-electron chi connectivity index (χ4n) is 1.68. The van der Waals surface area contributed by atoms with Crippen LogP contribution in [0.3, 0.4) is 0 Å². The molecule has 12 heavy (non-hydrogen) atoms. The second-order valence-corrected chi connectivity index (χ2v) is 4.45. The van der Waals surface area contributed by atoms with Crippen molar-refractivity contribution >= 4 is 5.91 Å². The Balaban J connectivity index is 2.62. The van der Waals surface area contributed by atoms with Gasteiger partial charge in [0, 0.05) is 0 Å². The summed E-state index contributed by atoms with van der Waals surface area (Å²) in [6.07, 6.45) is 0.121. The van der Waals surface area contributed by atoms with Gasteiger partial charge in [-0.3, -0.25) is 4.79 Å². The molecule has 2 unspecified atom stereocenters. The van der Waals surface area contributed by atoms with Crippen LogP contribution in [0.4, 0.5) is 0 Å². The number of carbonyl (C=O) groups excluding carboxylic acids is 1. The highest BCUT2D eigenvalue weighted by atomic mass is 16.5. The number of rotatable bonds is 0. The van der Waals surface area contributed by atoms with Crippen molar-refractivity contribution in [2.75, 3.05) is 6.61 Å². The third-order valence-electron chi connectivity index (χ3n) is 2.09. The van der Waals surface area contributed by atoms with Gasteiger partial charge in [0.1, 0.15) is 6.61 Å². The highest BCUT2D eigenvalue weighted by Gasteiger charge is 2.34. The summed E-state index contributed by atoms with van der Waals surface area (Å²) in [5.41, 5.74) is 0.0904. The van der Waals surface area contributed by atoms with Gasteiger partial charge in [-0.05, 0) is 12.3 Å². The Labute approximate surface area is 73.5 Å². The summed E-state index contributed by atoms with van der Waals surface area (Å²) in [5, 5.41) is 2.87. The zero-order chi connectivity index (χ0) is 9.35. The highest BCUT2D eigenvalue weighted by molar-refractivity contribution is 5.78. The molecule has 1 heterocycles. The molecule has 1 rings (SSSR count). The van der Waals surface area contributed by atoms with E-state index in [0.29, 0.717) is 0 Å². The Morgan fingerprint density at radius 3 is 2.50 bits per heavy atom. The van der Waals surface area contributed by atoms with Gasteiger partial charge in [-0.2, -0.15) is 0 Å². The molecule has 1 N–H and O–H groups in total. The second kappa shape index (κ2) is 3.05. The average molecular weight is 171 g/mol. The summed E-state index contributed by atoms with van der Waals surface area (Å²) in [4.78, 5) is 10.9. The largest absolute Gasteiger partial charge is 0.366 e. The van der Waals surface area contributed by atoms with Crippen LogP contribution in [-0.2, 0) is 9.53 Å². The van der Waals surface area contributed by atoms with Crippen LogP contribution in [0, 0.1) is 5.41 Å². The smallest absolute Gasteiger partial charge is 0.246 e. The molecular formula is C9H17NO2. The van der Waals surface area contributed by atoms with Crippen molar-refractivity contribution in [3.8, 4) is 0 Å². The van der Waals surface area contributed by atoms with Crippen molar-refractivity contribution < 1.29 is 9.53 Å². The Hall–Kier alpha value is -0.570. The van der Waals surface area contributed by atoms with Crippen LogP contribution in [-0.4, -0.2) is 24.7 Å². The van der Waals surface area contributed by atoms with Crippen LogP contribution in [0.25, 0.3) is 0 Å². The van der Waals surface area contributed by atoms with Crippen LogP contribution in [0.1, 0.15) is 27.7 Å². The lowest BCUT2D eigenvalue weighted by Crippen LogP contribution is -2.54. The first kappa shape index (κ1) is 9.52. The van der Waals surface area contributed by atoms with E-state index in [0.717, 1.165) is 0 Å². The number of nitrogens with one attached hydrogen (secondary N) is 1. The molecule has 70 valence electrons. The van der Waals surface area contributed by atoms with Crippen molar-refractivity contribution in [2.24, 2.45) is 5.41 Å². The topological polar surface area (TPSA) is 38.3 Å². The SMILES string of the molecule is CC1NC(=O)COC1C(C)(C)C. The second-order valence-electron chi connectivity index (χ2n) is 4.45. The molecule has 3 nitrogen and oxygen atoms in total. The zero-order valence-electron chi connectivity index (χ0n) is 8.18. The van der Waals surface area contributed by atoms with Gasteiger partial charge in [0.15, 0.2) is 0 Å². The first-order valence-electron chi connectivity index (χ1n) is 4.32. The Bertz CT molecular complexity index is 183. The van der Waals surface area contributed by atoms with Crippen LogP contribution in [0.2, 0.25) is 0 Å². The molecular weight excluding hydrogens is 154 g/mol. The van der Waals surface area contributed by atoms with E-state index in [1.54, 1.807) is 0 Å². The van der Waals surface area contributed by atoms with Crippen molar-refractivity contribution in [1.29, 1.82) is 0 Å². The minimum atomic E-state index is -0.0111. The Morgan fingerprint density at radius 2 is 2.08 bits per heavy atom. The lowest BCUT2D eigenvalue weighted by Gasteiger charge is -2.38. The lowest BCUT2D eigenvalue weighted by atomic mass is 9.84. The summed E-state index contributed by atoms with van der Waals surface area (Å²) in [6, 6.07) is 0.117. The molecule has 0 bridgehead atoms. The van der Waals surface area contributed by atoms with Gasteiger partial charge in [-0.15, -0.1) is 0 Å². The molecule has 1 fully saturated rings. The molecule has 0 saturated carbocycles. The van der Waals surface area contributed by atoms with E-state index in [1.165, 1.54) is 0 Å². The molecule has 1 amide bonds. The van der Waals surface area contributed by atoms with Gasteiger partial charge in [0.2, 0.25) is 5.91 Å². The van der Waals surface area contributed by atoms with E-state index >= 15 is 0 Å². The number of carbonyl (C=O) groups is 1. The number of morpholine rings is 1. The van der Waals surface area contributed by atoms with Gasteiger partial charge in [0.05, 0.1) is 12.1 Å². The third kappa shape index (κ3) is 1.97. The molecule has 2 atom stereocenters. The first-order valence-corrected chi connectivity index (χ1v) is 4.32. The summed E-state index contributed by atoms with van der Waals surface area (Å²) in [5.74, 6) is -0.0111. The van der Waals surface area contributed by atoms with Crippen LogP contribution >= 0.6 is 0 Å². The highest BCUT2D eigenvalue weighted by Crippen LogP contribution is 2.26. The lowest BCUT2D eigenvalue weighted by molar-refractivity contribution is -0.142. The van der Waals surface area contributed by atoms with E-state index in [9.17, 15) is 4.79 Å². The molecule has 1 aliphatic heterocycles. The molecule has 0 aromatic rings. The van der Waals surface area contributed by atoms with Gasteiger partial charge >= 0.3 is 0 Å². The molecule has 0 aromatic carbocycles. The van der Waals surface area contributed by atoms with Crippen LogP contribution in [0.5, 0.6) is 0 Å². The maximum absolute atomic E-state index is 10.9. The fraction of sp³-hybridized carbons (Fsp3) is 0.889. The quantitative estimate of drug-likeness (QED) is 0.589. The normalized spacial score (nSPS) is 31.5. The van der Waals surface area contributed by atoms with Crippen molar-refractivity contribution in [1.82, 2.24) is 5.32 Å². The van der Waals surface area contributed by atoms with Gasteiger partial charge in [0.25, 0.3) is 0 Å². The molecule has 0 aromatic heterocycles. The molecule has 0 radical (unpaired) electrons. The monoisotopic (exact) mass is 171 g/mol. The zero-order valence-corrected chi connectivity index (χ0v) is 8.18. The summed E-state index contributed by atoms with van der Waals surface area (Å²) >= 11 is 0. The standard InChI is InChI=1S/C9H17NO2/c1-6-8(9(2,3)4)12-5-7(11)10-6/h6,8H,5H2,1-4H3,(H,10,11). The fourth-order valence-corrected chi connectivity index (χ4v) is 1.68. The molecule has 0 aliphatic carbocycles. The minimum Gasteiger partial charge on any atom is -0.366 e. The van der Waals surface area contributed by atoms with Crippen LogP contribution < -0.4 is 5.32 Å². The molecule has 3 heteroatoms. The molecule has 0 spiro atoms. The van der Waals surface area contributed by atoms with E-state index in [2.05, 4.69) is 26.1 Å². The van der Waals surface area contributed by atoms with Gasteiger partial charge in [-0.1, -0.05) is 20.8 Å². The summed E-state index contributed by atoms with van der Waals surface area (Å²) in [7, 11) is 0.